The molecule has 4 rings (SSSR count). The quantitative estimate of drug-likeness (QED) is 0.479. The zero-order chi connectivity index (χ0) is 25.3. The number of esters is 1. The van der Waals surface area contributed by atoms with E-state index in [9.17, 15) is 13.8 Å². The Hall–Kier alpha value is -2.87. The number of ether oxygens (including phenoxy) is 1. The van der Waals surface area contributed by atoms with E-state index in [0.29, 0.717) is 23.5 Å². The van der Waals surface area contributed by atoms with Crippen LogP contribution in [-0.4, -0.2) is 46.6 Å². The van der Waals surface area contributed by atoms with Crippen molar-refractivity contribution in [2.24, 2.45) is 5.92 Å². The number of rotatable bonds is 10. The molecule has 0 aromatic heterocycles. The molecule has 1 heterocycles. The van der Waals surface area contributed by atoms with E-state index in [-0.39, 0.29) is 17.8 Å². The van der Waals surface area contributed by atoms with Gasteiger partial charge in [-0.15, -0.1) is 0 Å². The predicted octanol–water partition coefficient (Wildman–Crippen LogP) is 4.53. The zero-order valence-corrected chi connectivity index (χ0v) is 21.5. The number of nitrogens with zero attached hydrogens (tertiary/aromatic N) is 1. The van der Waals surface area contributed by atoms with Gasteiger partial charge in [0.25, 0.3) is 0 Å². The number of piperidine rings is 1. The minimum Gasteiger partial charge on any atom is -0.459 e. The van der Waals surface area contributed by atoms with Crippen LogP contribution in [0.5, 0.6) is 0 Å². The summed E-state index contributed by atoms with van der Waals surface area (Å²) in [6.45, 7) is 3.73. The summed E-state index contributed by atoms with van der Waals surface area (Å²) in [6, 6.07) is 17.4. The highest BCUT2D eigenvalue weighted by molar-refractivity contribution is 7.83. The normalized spacial score (nSPS) is 21.9. The molecule has 1 aliphatic carbocycles. The molecule has 0 bridgehead atoms. The second kappa shape index (κ2) is 12.9. The molecule has 190 valence electrons. The summed E-state index contributed by atoms with van der Waals surface area (Å²) in [5, 5.41) is 0. The van der Waals surface area contributed by atoms with Crippen molar-refractivity contribution in [3.05, 3.63) is 90.0 Å². The van der Waals surface area contributed by atoms with E-state index >= 15 is 0 Å². The van der Waals surface area contributed by atoms with E-state index < -0.39 is 23.0 Å². The molecule has 7 heteroatoms. The lowest BCUT2D eigenvalue weighted by Gasteiger charge is -2.38. The van der Waals surface area contributed by atoms with Crippen LogP contribution in [0.2, 0.25) is 0 Å². The SMILES string of the molecule is CCC1CCN(CC(=O)C2=CCCC=C2)C[C@@H]1OC(=O)C(NS(=O)c1ccccc1)c1ccccc1. The van der Waals surface area contributed by atoms with E-state index in [1.165, 1.54) is 0 Å². The van der Waals surface area contributed by atoms with Gasteiger partial charge in [0.15, 0.2) is 5.78 Å². The first-order valence-electron chi connectivity index (χ1n) is 12.7. The van der Waals surface area contributed by atoms with Crippen molar-refractivity contribution in [2.75, 3.05) is 19.6 Å². The Morgan fingerprint density at radius 3 is 2.47 bits per heavy atom. The number of nitrogens with one attached hydrogen (secondary N) is 1. The highest BCUT2D eigenvalue weighted by Gasteiger charge is 2.34. The van der Waals surface area contributed by atoms with E-state index in [2.05, 4.69) is 16.5 Å². The Kier molecular flexibility index (Phi) is 9.39. The van der Waals surface area contributed by atoms with Crippen molar-refractivity contribution in [1.29, 1.82) is 0 Å². The maximum atomic E-state index is 13.5. The number of carbonyl (C=O) groups excluding carboxylic acids is 2. The van der Waals surface area contributed by atoms with E-state index in [1.54, 1.807) is 12.1 Å². The first kappa shape index (κ1) is 26.2. The van der Waals surface area contributed by atoms with Gasteiger partial charge in [-0.2, -0.15) is 0 Å². The fourth-order valence-corrected chi connectivity index (χ4v) is 5.71. The Bertz CT molecular complexity index is 1120. The predicted molar refractivity (Wildman–Crippen MR) is 141 cm³/mol. The minimum absolute atomic E-state index is 0.105. The third-order valence-corrected chi connectivity index (χ3v) is 7.96. The number of allylic oxidation sites excluding steroid dienone is 3. The Morgan fingerprint density at radius 1 is 1.08 bits per heavy atom. The zero-order valence-electron chi connectivity index (χ0n) is 20.7. The van der Waals surface area contributed by atoms with Crippen LogP contribution in [-0.2, 0) is 25.3 Å². The van der Waals surface area contributed by atoms with Gasteiger partial charge in [0.2, 0.25) is 0 Å². The van der Waals surface area contributed by atoms with Gasteiger partial charge in [0, 0.05) is 12.1 Å². The molecule has 0 spiro atoms. The smallest absolute Gasteiger partial charge is 0.329 e. The van der Waals surface area contributed by atoms with Crippen molar-refractivity contribution in [2.45, 2.75) is 49.6 Å². The van der Waals surface area contributed by atoms with E-state index in [0.717, 1.165) is 37.8 Å². The lowest BCUT2D eigenvalue weighted by molar-refractivity contribution is -0.157. The van der Waals surface area contributed by atoms with Crippen molar-refractivity contribution < 1.29 is 18.5 Å². The topological polar surface area (TPSA) is 75.7 Å². The highest BCUT2D eigenvalue weighted by atomic mass is 32.2. The first-order chi connectivity index (χ1) is 17.5. The molecule has 36 heavy (non-hydrogen) atoms. The van der Waals surface area contributed by atoms with Crippen molar-refractivity contribution >= 4 is 22.7 Å². The number of ketones is 1. The van der Waals surface area contributed by atoms with Gasteiger partial charge in [0.1, 0.15) is 23.1 Å². The van der Waals surface area contributed by atoms with Gasteiger partial charge in [-0.1, -0.05) is 73.7 Å². The van der Waals surface area contributed by atoms with Gasteiger partial charge in [-0.3, -0.25) is 9.69 Å². The van der Waals surface area contributed by atoms with Crippen LogP contribution >= 0.6 is 0 Å². The third kappa shape index (κ3) is 6.87. The average molecular weight is 507 g/mol. The maximum Gasteiger partial charge on any atom is 0.329 e. The molecule has 0 amide bonds. The van der Waals surface area contributed by atoms with Crippen LogP contribution in [0, 0.1) is 5.92 Å². The Balaban J connectivity index is 1.46. The van der Waals surface area contributed by atoms with Crippen molar-refractivity contribution in [3.63, 3.8) is 0 Å². The fourth-order valence-electron chi connectivity index (χ4n) is 4.72. The largest absolute Gasteiger partial charge is 0.459 e. The summed E-state index contributed by atoms with van der Waals surface area (Å²) in [4.78, 5) is 29.0. The Labute approximate surface area is 216 Å². The van der Waals surface area contributed by atoms with Crippen LogP contribution in [0.1, 0.15) is 44.2 Å². The van der Waals surface area contributed by atoms with Gasteiger partial charge in [-0.05, 0) is 55.8 Å². The number of Topliss-reactive ketones (excluding diaryl/α,β-unsaturated/α-hetero) is 1. The molecule has 2 aromatic carbocycles. The van der Waals surface area contributed by atoms with Crippen LogP contribution in [0.4, 0.5) is 0 Å². The van der Waals surface area contributed by atoms with Gasteiger partial charge < -0.3 is 4.74 Å². The summed E-state index contributed by atoms with van der Waals surface area (Å²) >= 11 is 0. The van der Waals surface area contributed by atoms with Crippen LogP contribution in [0.15, 0.2) is 89.4 Å². The molecule has 1 fully saturated rings. The van der Waals surface area contributed by atoms with Gasteiger partial charge in [0.05, 0.1) is 11.4 Å². The molecular formula is C29H34N2O4S. The Morgan fingerprint density at radius 2 is 1.81 bits per heavy atom. The number of benzene rings is 2. The van der Waals surface area contributed by atoms with E-state index in [1.807, 2.05) is 66.8 Å². The third-order valence-electron chi connectivity index (χ3n) is 6.81. The first-order valence-corrected chi connectivity index (χ1v) is 13.8. The molecule has 0 saturated carbocycles. The maximum absolute atomic E-state index is 13.5. The number of hydrogen-bond donors (Lipinski definition) is 1. The molecule has 3 unspecified atom stereocenters. The van der Waals surface area contributed by atoms with Crippen molar-refractivity contribution in [1.82, 2.24) is 9.62 Å². The molecule has 6 nitrogen and oxygen atoms in total. The van der Waals surface area contributed by atoms with Gasteiger partial charge in [-0.25, -0.2) is 13.7 Å². The molecule has 1 saturated heterocycles. The highest BCUT2D eigenvalue weighted by Crippen LogP contribution is 2.26. The molecular weight excluding hydrogens is 472 g/mol. The summed E-state index contributed by atoms with van der Waals surface area (Å²) < 4.78 is 22.1. The molecule has 1 aliphatic heterocycles. The van der Waals surface area contributed by atoms with Crippen LogP contribution in [0.25, 0.3) is 0 Å². The van der Waals surface area contributed by atoms with Gasteiger partial charge >= 0.3 is 5.97 Å². The number of hydrogen-bond acceptors (Lipinski definition) is 5. The number of likely N-dealkylation sites (tertiary alicyclic amines) is 1. The standard InChI is InChI=1S/C29H34N2O4S/c1-2-22-18-19-31(20-26(32)23-12-6-3-7-13-23)21-27(22)35-29(33)28(24-14-8-4-9-15-24)30-36(34)25-16-10-5-11-17-25/h4-6,8-17,22,27-28,30H,2-3,7,18-21H2,1H3/t22?,27-,28?,36?/m0/s1. The molecule has 2 aliphatic rings. The molecule has 4 atom stereocenters. The van der Waals surface area contributed by atoms with E-state index in [4.69, 9.17) is 4.74 Å². The molecule has 2 aromatic rings. The summed E-state index contributed by atoms with van der Waals surface area (Å²) in [5.41, 5.74) is 1.46. The lowest BCUT2D eigenvalue weighted by Crippen LogP contribution is -2.48. The minimum atomic E-state index is -1.59. The van der Waals surface area contributed by atoms with Crippen molar-refractivity contribution in [3.8, 4) is 0 Å². The summed E-state index contributed by atoms with van der Waals surface area (Å²) in [5.74, 6) is -0.141. The number of carbonyl (C=O) groups is 2. The molecule has 0 radical (unpaired) electrons. The monoisotopic (exact) mass is 506 g/mol. The average Bonchev–Trinajstić information content (AvgIpc) is 2.93. The summed E-state index contributed by atoms with van der Waals surface area (Å²) in [6.07, 6.45) is 9.22. The summed E-state index contributed by atoms with van der Waals surface area (Å²) in [7, 11) is -1.59. The molecule has 1 N–H and O–H groups in total. The second-order valence-electron chi connectivity index (χ2n) is 9.27. The van der Waals surface area contributed by atoms with Crippen LogP contribution in [0.3, 0.4) is 0 Å². The lowest BCUT2D eigenvalue weighted by atomic mass is 9.90. The second-order valence-corrected chi connectivity index (χ2v) is 10.5. The van der Waals surface area contributed by atoms with Crippen LogP contribution < -0.4 is 4.72 Å². The fraction of sp³-hybridized carbons (Fsp3) is 0.379.